The number of ether oxygens (including phenoxy) is 1. The predicted molar refractivity (Wildman–Crippen MR) is 82.8 cm³/mol. The van der Waals surface area contributed by atoms with E-state index in [0.717, 1.165) is 16.4 Å². The van der Waals surface area contributed by atoms with Crippen molar-refractivity contribution in [2.45, 2.75) is 18.2 Å². The fourth-order valence-corrected chi connectivity index (χ4v) is 4.07. The van der Waals surface area contributed by atoms with Crippen molar-refractivity contribution in [2.24, 2.45) is 0 Å². The third-order valence-corrected chi connectivity index (χ3v) is 5.65. The number of benzene rings is 1. The molecule has 1 aliphatic heterocycles. The molecule has 0 N–H and O–H groups in total. The quantitative estimate of drug-likeness (QED) is 0.737. The minimum absolute atomic E-state index is 0.0899. The van der Waals surface area contributed by atoms with Gasteiger partial charge in [-0.3, -0.25) is 9.69 Å². The highest BCUT2D eigenvalue weighted by Gasteiger charge is 2.29. The van der Waals surface area contributed by atoms with Gasteiger partial charge in [0.2, 0.25) is 10.0 Å². The Morgan fingerprint density at radius 3 is 2.62 bits per heavy atom. The first-order valence-corrected chi connectivity index (χ1v) is 9.11. The highest BCUT2D eigenvalue weighted by Crippen LogP contribution is 2.21. The van der Waals surface area contributed by atoms with Crippen molar-refractivity contribution in [3.8, 4) is 0 Å². The van der Waals surface area contributed by atoms with Crippen LogP contribution >= 0.6 is 0 Å². The predicted octanol–water partition coefficient (Wildman–Crippen LogP) is 1.22. The summed E-state index contributed by atoms with van der Waals surface area (Å²) < 4.78 is 58.0. The van der Waals surface area contributed by atoms with Crippen LogP contribution in [0.4, 0.5) is 8.78 Å². The van der Waals surface area contributed by atoms with Crippen LogP contribution in [0.15, 0.2) is 23.1 Å². The molecule has 0 radical (unpaired) electrons. The van der Waals surface area contributed by atoms with Crippen molar-refractivity contribution in [1.29, 1.82) is 0 Å². The Labute approximate surface area is 140 Å². The van der Waals surface area contributed by atoms with Crippen LogP contribution < -0.4 is 0 Å². The van der Waals surface area contributed by atoms with Gasteiger partial charge in [0, 0.05) is 32.2 Å². The van der Waals surface area contributed by atoms with Gasteiger partial charge in [-0.25, -0.2) is 17.2 Å². The van der Waals surface area contributed by atoms with Crippen LogP contribution in [0.2, 0.25) is 0 Å². The summed E-state index contributed by atoms with van der Waals surface area (Å²) in [5.74, 6) is -2.30. The van der Waals surface area contributed by atoms with Crippen molar-refractivity contribution in [3.63, 3.8) is 0 Å². The molecule has 0 unspecified atom stereocenters. The van der Waals surface area contributed by atoms with E-state index in [0.29, 0.717) is 25.6 Å². The molecule has 0 saturated carbocycles. The third kappa shape index (κ3) is 4.49. The van der Waals surface area contributed by atoms with E-state index in [9.17, 15) is 22.0 Å². The molecule has 1 fully saturated rings. The first-order chi connectivity index (χ1) is 11.3. The molecule has 0 spiro atoms. The van der Waals surface area contributed by atoms with Gasteiger partial charge < -0.3 is 4.74 Å². The fraction of sp³-hybridized carbons (Fsp3) is 0.533. The van der Waals surface area contributed by atoms with Gasteiger partial charge >= 0.3 is 5.97 Å². The number of carbonyl (C=O) groups excluding carboxylic acids is 1. The van der Waals surface area contributed by atoms with Gasteiger partial charge in [-0.1, -0.05) is 0 Å². The van der Waals surface area contributed by atoms with Gasteiger partial charge in [-0.15, -0.1) is 0 Å². The molecule has 0 aliphatic carbocycles. The lowest BCUT2D eigenvalue weighted by atomic mass is 10.3. The maximum atomic E-state index is 13.8. The average Bonchev–Trinajstić information content (AvgIpc) is 2.73. The Balaban J connectivity index is 2.08. The van der Waals surface area contributed by atoms with Crippen molar-refractivity contribution in [2.75, 3.05) is 39.3 Å². The number of esters is 1. The number of sulfonamides is 1. The summed E-state index contributed by atoms with van der Waals surface area (Å²) in [4.78, 5) is 12.8. The summed E-state index contributed by atoms with van der Waals surface area (Å²) in [6.45, 7) is 3.30. The van der Waals surface area contributed by atoms with Crippen molar-refractivity contribution in [3.05, 3.63) is 29.8 Å². The van der Waals surface area contributed by atoms with Crippen molar-refractivity contribution >= 4 is 16.0 Å². The minimum Gasteiger partial charge on any atom is -0.465 e. The Morgan fingerprint density at radius 1 is 1.21 bits per heavy atom. The smallest absolute Gasteiger partial charge is 0.320 e. The number of nitrogens with zero attached hydrogens (tertiary/aromatic N) is 2. The summed E-state index contributed by atoms with van der Waals surface area (Å²) in [7, 11) is -4.05. The standard InChI is InChI=1S/C15H20F2N2O4S/c1-2-23-15(20)11-18-6-3-7-19(9-8-18)24(21,22)14-5-4-12(16)10-13(14)17/h4-5,10H,2-3,6-9,11H2,1H3. The number of hydrogen-bond acceptors (Lipinski definition) is 5. The van der Waals surface area contributed by atoms with Gasteiger partial charge in [0.25, 0.3) is 0 Å². The fourth-order valence-electron chi connectivity index (χ4n) is 2.56. The van der Waals surface area contributed by atoms with E-state index in [1.807, 2.05) is 0 Å². The van der Waals surface area contributed by atoms with E-state index in [1.165, 1.54) is 0 Å². The lowest BCUT2D eigenvalue weighted by molar-refractivity contribution is -0.144. The van der Waals surface area contributed by atoms with Crippen molar-refractivity contribution < 1.29 is 26.7 Å². The zero-order valence-electron chi connectivity index (χ0n) is 13.4. The summed E-state index contributed by atoms with van der Waals surface area (Å²) >= 11 is 0. The molecule has 1 saturated heterocycles. The van der Waals surface area contributed by atoms with Gasteiger partial charge in [-0.2, -0.15) is 4.31 Å². The number of carbonyl (C=O) groups is 1. The first-order valence-electron chi connectivity index (χ1n) is 7.67. The molecule has 1 heterocycles. The Morgan fingerprint density at radius 2 is 1.96 bits per heavy atom. The molecule has 6 nitrogen and oxygen atoms in total. The SMILES string of the molecule is CCOC(=O)CN1CCCN(S(=O)(=O)c2ccc(F)cc2F)CC1. The second kappa shape index (κ2) is 8.00. The molecular formula is C15H20F2N2O4S. The van der Waals surface area contributed by atoms with E-state index < -0.39 is 26.6 Å². The van der Waals surface area contributed by atoms with Crippen LogP contribution in [-0.4, -0.2) is 62.9 Å². The van der Waals surface area contributed by atoms with Crippen LogP contribution in [-0.2, 0) is 19.6 Å². The van der Waals surface area contributed by atoms with E-state index >= 15 is 0 Å². The second-order valence-corrected chi connectivity index (χ2v) is 7.32. The topological polar surface area (TPSA) is 66.9 Å². The largest absolute Gasteiger partial charge is 0.465 e. The summed E-state index contributed by atoms with van der Waals surface area (Å²) in [5, 5.41) is 0. The van der Waals surface area contributed by atoms with Gasteiger partial charge in [0.15, 0.2) is 0 Å². The first kappa shape index (κ1) is 18.8. The molecule has 1 aromatic carbocycles. The number of hydrogen-bond donors (Lipinski definition) is 0. The molecule has 0 bridgehead atoms. The Bertz CT molecular complexity index is 697. The highest BCUT2D eigenvalue weighted by molar-refractivity contribution is 7.89. The highest BCUT2D eigenvalue weighted by atomic mass is 32.2. The Hall–Kier alpha value is -1.58. The van der Waals surface area contributed by atoms with Gasteiger partial charge in [-0.05, 0) is 25.5 Å². The monoisotopic (exact) mass is 362 g/mol. The van der Waals surface area contributed by atoms with Gasteiger partial charge in [0.05, 0.1) is 13.2 Å². The van der Waals surface area contributed by atoms with E-state index in [4.69, 9.17) is 4.74 Å². The maximum Gasteiger partial charge on any atom is 0.320 e. The van der Waals surface area contributed by atoms with Crippen LogP contribution in [0, 0.1) is 11.6 Å². The third-order valence-electron chi connectivity index (χ3n) is 3.72. The van der Waals surface area contributed by atoms with Crippen LogP contribution in [0.25, 0.3) is 0 Å². The minimum atomic E-state index is -4.05. The molecule has 0 atom stereocenters. The molecule has 9 heteroatoms. The van der Waals surface area contributed by atoms with Crippen LogP contribution in [0.3, 0.4) is 0 Å². The molecule has 0 amide bonds. The average molecular weight is 362 g/mol. The van der Waals surface area contributed by atoms with Gasteiger partial charge in [0.1, 0.15) is 16.5 Å². The lowest BCUT2D eigenvalue weighted by Crippen LogP contribution is -2.37. The second-order valence-electron chi connectivity index (χ2n) is 5.41. The normalized spacial score (nSPS) is 17.5. The zero-order valence-corrected chi connectivity index (χ0v) is 14.2. The number of halogens is 2. The van der Waals surface area contributed by atoms with Crippen molar-refractivity contribution in [1.82, 2.24) is 9.21 Å². The maximum absolute atomic E-state index is 13.8. The summed E-state index contributed by atoms with van der Waals surface area (Å²) in [6.07, 6.45) is 0.501. The Kier molecular flexibility index (Phi) is 6.25. The molecule has 1 aromatic rings. The van der Waals surface area contributed by atoms with Crippen LogP contribution in [0.1, 0.15) is 13.3 Å². The van der Waals surface area contributed by atoms with E-state index in [2.05, 4.69) is 0 Å². The molecule has 24 heavy (non-hydrogen) atoms. The molecule has 0 aromatic heterocycles. The molecule has 134 valence electrons. The molecular weight excluding hydrogens is 342 g/mol. The summed E-state index contributed by atoms with van der Waals surface area (Å²) in [6, 6.07) is 2.40. The van der Waals surface area contributed by atoms with E-state index in [-0.39, 0.29) is 32.2 Å². The van der Waals surface area contributed by atoms with Crippen LogP contribution in [0.5, 0.6) is 0 Å². The summed E-state index contributed by atoms with van der Waals surface area (Å²) in [5.41, 5.74) is 0. The lowest BCUT2D eigenvalue weighted by Gasteiger charge is -2.21. The number of rotatable bonds is 5. The molecule has 2 rings (SSSR count). The zero-order chi connectivity index (χ0) is 17.7. The van der Waals surface area contributed by atoms with E-state index in [1.54, 1.807) is 11.8 Å². The molecule has 1 aliphatic rings.